The average molecular weight is 597 g/mol. The lowest BCUT2D eigenvalue weighted by Gasteiger charge is -2.39. The number of hydrogen-bond donors (Lipinski definition) is 2. The molecule has 1 fully saturated rings. The summed E-state index contributed by atoms with van der Waals surface area (Å²) in [4.78, 5) is 38.8. The molecule has 216 valence electrons. The highest BCUT2D eigenvalue weighted by Crippen LogP contribution is 2.46. The zero-order chi connectivity index (χ0) is 29.1. The highest BCUT2D eigenvalue weighted by atomic mass is 32.2. The number of carbonyl (C=O) groups excluding carboxylic acids is 2. The number of unbranched alkanes of at least 4 members (excludes halogenated alkanes) is 1. The van der Waals surface area contributed by atoms with Crippen molar-refractivity contribution >= 4 is 37.1 Å². The van der Waals surface area contributed by atoms with Gasteiger partial charge in [-0.2, -0.15) is 0 Å². The molecule has 0 bridgehead atoms. The number of rotatable bonds is 14. The molecule has 1 amide bonds. The molecule has 1 heterocycles. The van der Waals surface area contributed by atoms with Crippen LogP contribution < -0.4 is 5.09 Å². The minimum Gasteiger partial charge on any atom is -0.480 e. The molecule has 2 unspecified atom stereocenters. The second-order valence-electron chi connectivity index (χ2n) is 9.52. The van der Waals surface area contributed by atoms with Crippen molar-refractivity contribution in [1.29, 1.82) is 0 Å². The molecule has 1 aliphatic heterocycles. The monoisotopic (exact) mass is 596 g/mol. The molecule has 11 heteroatoms. The van der Waals surface area contributed by atoms with Gasteiger partial charge in [0.25, 0.3) is 7.52 Å². The molecule has 3 aromatic carbocycles. The summed E-state index contributed by atoms with van der Waals surface area (Å²) in [5.41, 5.74) is 2.29. The third kappa shape index (κ3) is 9.03. The Hall–Kier alpha value is -3.43. The van der Waals surface area contributed by atoms with E-state index in [1.54, 1.807) is 30.3 Å². The molecule has 0 saturated carbocycles. The molecule has 4 rings (SSSR count). The van der Waals surface area contributed by atoms with Crippen LogP contribution in [0.25, 0.3) is 0 Å². The normalized spacial score (nSPS) is 18.4. The topological polar surface area (TPSA) is 122 Å². The maximum atomic E-state index is 14.0. The van der Waals surface area contributed by atoms with Gasteiger partial charge in [-0.1, -0.05) is 78.9 Å². The van der Waals surface area contributed by atoms with Crippen LogP contribution in [-0.2, 0) is 29.8 Å². The minimum atomic E-state index is -3.68. The SMILES string of the molecule is O=C(O)CN1C(=O)C(NP(=O)(CCCCc2ccccc2)OCOC(=O)c2ccccc2)CS[C@@H]1c1ccccc1. The standard InChI is InChI=1S/C30H33N2O7PS/c33-27(34)20-32-28(35)26(21-41-29(32)24-15-6-2-7-16-24)31-40(37,19-11-10-14-23-12-4-1-5-13-23)39-22-38-30(36)25-17-8-3-9-18-25/h1-9,12-13,15-18,26,29H,10-11,14,19-22H2,(H,31,37)(H,33,34)/t26?,29-,40?/m1/s1. The number of carboxylic acid groups (broad SMARTS) is 1. The van der Waals surface area contributed by atoms with Gasteiger partial charge in [-0.15, -0.1) is 11.8 Å². The van der Waals surface area contributed by atoms with Gasteiger partial charge in [0.05, 0.1) is 5.56 Å². The first kappa shape index (κ1) is 30.5. The Bertz CT molecular complexity index is 1340. The molecule has 1 saturated heterocycles. The van der Waals surface area contributed by atoms with Gasteiger partial charge in [-0.25, -0.2) is 9.88 Å². The van der Waals surface area contributed by atoms with E-state index in [0.29, 0.717) is 12.0 Å². The summed E-state index contributed by atoms with van der Waals surface area (Å²) >= 11 is 1.39. The molecule has 0 aliphatic carbocycles. The van der Waals surface area contributed by atoms with Crippen molar-refractivity contribution in [3.05, 3.63) is 108 Å². The van der Waals surface area contributed by atoms with E-state index in [1.807, 2.05) is 60.7 Å². The van der Waals surface area contributed by atoms with E-state index in [1.165, 1.54) is 16.7 Å². The fourth-order valence-electron chi connectivity index (χ4n) is 4.48. The molecule has 0 aromatic heterocycles. The summed E-state index contributed by atoms with van der Waals surface area (Å²) in [5, 5.41) is 11.9. The first-order chi connectivity index (χ1) is 19.8. The Labute approximate surface area is 243 Å². The van der Waals surface area contributed by atoms with Crippen molar-refractivity contribution in [1.82, 2.24) is 9.99 Å². The van der Waals surface area contributed by atoms with Gasteiger partial charge in [0, 0.05) is 11.9 Å². The number of esters is 1. The molecule has 1 aliphatic rings. The van der Waals surface area contributed by atoms with Gasteiger partial charge in [0.1, 0.15) is 18.0 Å². The van der Waals surface area contributed by atoms with Gasteiger partial charge < -0.3 is 14.7 Å². The maximum absolute atomic E-state index is 14.0. The fourth-order valence-corrected chi connectivity index (χ4v) is 7.78. The van der Waals surface area contributed by atoms with Crippen molar-refractivity contribution in [3.8, 4) is 0 Å². The Balaban J connectivity index is 1.44. The number of ether oxygens (including phenoxy) is 1. The summed E-state index contributed by atoms with van der Waals surface area (Å²) in [6.07, 6.45) is 2.16. The van der Waals surface area contributed by atoms with E-state index in [4.69, 9.17) is 9.26 Å². The molecule has 0 spiro atoms. The Kier molecular flexibility index (Phi) is 11.2. The van der Waals surface area contributed by atoms with Crippen LogP contribution in [0.3, 0.4) is 0 Å². The van der Waals surface area contributed by atoms with Crippen LogP contribution in [-0.4, -0.2) is 59.1 Å². The van der Waals surface area contributed by atoms with E-state index in [9.17, 15) is 24.1 Å². The number of nitrogens with one attached hydrogen (secondary N) is 1. The fraction of sp³-hybridized carbons (Fsp3) is 0.300. The van der Waals surface area contributed by atoms with E-state index >= 15 is 0 Å². The third-order valence-corrected chi connectivity index (χ3v) is 10.0. The maximum Gasteiger partial charge on any atom is 0.340 e. The highest BCUT2D eigenvalue weighted by Gasteiger charge is 2.41. The van der Waals surface area contributed by atoms with Crippen LogP contribution in [0.15, 0.2) is 91.0 Å². The van der Waals surface area contributed by atoms with Gasteiger partial charge in [-0.3, -0.25) is 18.7 Å². The average Bonchev–Trinajstić information content (AvgIpc) is 2.99. The van der Waals surface area contributed by atoms with E-state index < -0.39 is 50.1 Å². The van der Waals surface area contributed by atoms with Crippen LogP contribution in [0.4, 0.5) is 0 Å². The van der Waals surface area contributed by atoms with Gasteiger partial charge in [-0.05, 0) is 42.5 Å². The number of hydrogen-bond acceptors (Lipinski definition) is 7. The number of carbonyl (C=O) groups is 3. The quantitative estimate of drug-likeness (QED) is 0.110. The van der Waals surface area contributed by atoms with Crippen molar-refractivity contribution in [3.63, 3.8) is 0 Å². The summed E-state index contributed by atoms with van der Waals surface area (Å²) in [6.45, 7) is -1.06. The molecular weight excluding hydrogens is 563 g/mol. The first-order valence-corrected chi connectivity index (χ1v) is 16.2. The van der Waals surface area contributed by atoms with Crippen LogP contribution in [0.1, 0.15) is 39.7 Å². The lowest BCUT2D eigenvalue weighted by molar-refractivity contribution is -0.145. The molecule has 3 atom stereocenters. The number of aliphatic carboxylic acids is 1. The van der Waals surface area contributed by atoms with E-state index in [-0.39, 0.29) is 11.9 Å². The number of thioether (sulfide) groups is 1. The zero-order valence-electron chi connectivity index (χ0n) is 22.5. The second-order valence-corrected chi connectivity index (χ2v) is 12.9. The lowest BCUT2D eigenvalue weighted by atomic mass is 10.1. The minimum absolute atomic E-state index is 0.109. The molecule has 3 aromatic rings. The summed E-state index contributed by atoms with van der Waals surface area (Å²) in [7, 11) is -3.68. The van der Waals surface area contributed by atoms with Crippen molar-refractivity contribution < 1.29 is 33.3 Å². The number of amides is 1. The zero-order valence-corrected chi connectivity index (χ0v) is 24.2. The van der Waals surface area contributed by atoms with Crippen molar-refractivity contribution in [2.45, 2.75) is 30.7 Å². The number of aryl methyl sites for hydroxylation is 1. The molecular formula is C30H33N2O7PS. The number of benzene rings is 3. The summed E-state index contributed by atoms with van der Waals surface area (Å²) in [6, 6.07) is 26.5. The predicted octanol–water partition coefficient (Wildman–Crippen LogP) is 5.35. The van der Waals surface area contributed by atoms with Gasteiger partial charge in [0.2, 0.25) is 12.7 Å². The van der Waals surface area contributed by atoms with E-state index in [0.717, 1.165) is 24.0 Å². The molecule has 41 heavy (non-hydrogen) atoms. The predicted molar refractivity (Wildman–Crippen MR) is 158 cm³/mol. The van der Waals surface area contributed by atoms with Crippen LogP contribution in [0.2, 0.25) is 0 Å². The summed E-state index contributed by atoms with van der Waals surface area (Å²) < 4.78 is 24.9. The second kappa shape index (κ2) is 15.0. The van der Waals surface area contributed by atoms with Crippen LogP contribution in [0.5, 0.6) is 0 Å². The highest BCUT2D eigenvalue weighted by molar-refractivity contribution is 7.99. The van der Waals surface area contributed by atoms with Crippen molar-refractivity contribution in [2.24, 2.45) is 0 Å². The Morgan fingerprint density at radius 2 is 1.59 bits per heavy atom. The van der Waals surface area contributed by atoms with Crippen molar-refractivity contribution in [2.75, 3.05) is 25.3 Å². The Morgan fingerprint density at radius 3 is 2.24 bits per heavy atom. The first-order valence-electron chi connectivity index (χ1n) is 13.3. The Morgan fingerprint density at radius 1 is 0.951 bits per heavy atom. The van der Waals surface area contributed by atoms with Crippen LogP contribution >= 0.6 is 19.3 Å². The summed E-state index contributed by atoms with van der Waals surface area (Å²) in [5.74, 6) is -1.98. The van der Waals surface area contributed by atoms with Gasteiger partial charge in [0.15, 0.2) is 0 Å². The number of nitrogens with zero attached hydrogens (tertiary/aromatic N) is 1. The largest absolute Gasteiger partial charge is 0.480 e. The molecule has 9 nitrogen and oxygen atoms in total. The molecule has 0 radical (unpaired) electrons. The smallest absolute Gasteiger partial charge is 0.340 e. The lowest BCUT2D eigenvalue weighted by Crippen LogP contribution is -2.53. The third-order valence-electron chi connectivity index (χ3n) is 6.50. The van der Waals surface area contributed by atoms with Crippen LogP contribution in [0, 0.1) is 0 Å². The molecule has 2 N–H and O–H groups in total. The van der Waals surface area contributed by atoms with E-state index in [2.05, 4.69) is 5.09 Å². The number of carboxylic acids is 1. The van der Waals surface area contributed by atoms with Gasteiger partial charge >= 0.3 is 11.9 Å².